The van der Waals surface area contributed by atoms with E-state index in [4.69, 9.17) is 23.2 Å². The summed E-state index contributed by atoms with van der Waals surface area (Å²) in [5, 5.41) is 3.38. The molecule has 2 aromatic rings. The van der Waals surface area contributed by atoms with Crippen molar-refractivity contribution in [2.75, 3.05) is 16.8 Å². The quantitative estimate of drug-likeness (QED) is 0.785. The van der Waals surface area contributed by atoms with Gasteiger partial charge < -0.3 is 10.2 Å². The number of para-hydroxylation sites is 2. The maximum atomic E-state index is 12.5. The highest BCUT2D eigenvalue weighted by Crippen LogP contribution is 2.30. The van der Waals surface area contributed by atoms with Crippen LogP contribution in [0.1, 0.15) is 32.3 Å². The number of carbonyl (C=O) groups excluding carboxylic acids is 2. The predicted molar refractivity (Wildman–Crippen MR) is 104 cm³/mol. The summed E-state index contributed by atoms with van der Waals surface area (Å²) < 4.78 is 0. The number of halogens is 2. The molecule has 0 unspecified atom stereocenters. The van der Waals surface area contributed by atoms with Gasteiger partial charge in [0.25, 0.3) is 0 Å². The van der Waals surface area contributed by atoms with Crippen LogP contribution in [-0.2, 0) is 9.59 Å². The number of anilines is 2. The van der Waals surface area contributed by atoms with Crippen molar-refractivity contribution in [2.24, 2.45) is 0 Å². The maximum absolute atomic E-state index is 12.5. The van der Waals surface area contributed by atoms with Crippen molar-refractivity contribution < 1.29 is 9.59 Å². The lowest BCUT2D eigenvalue weighted by atomic mass is 10.0. The number of nitrogens with zero attached hydrogens (tertiary/aromatic N) is 1. The van der Waals surface area contributed by atoms with Gasteiger partial charge in [0.05, 0.1) is 15.7 Å². The Labute approximate surface area is 157 Å². The topological polar surface area (TPSA) is 49.4 Å². The average molecular weight is 379 g/mol. The molecule has 0 aliphatic heterocycles. The zero-order valence-electron chi connectivity index (χ0n) is 14.3. The monoisotopic (exact) mass is 378 g/mol. The Morgan fingerprint density at radius 2 is 1.64 bits per heavy atom. The molecule has 2 amide bonds. The summed E-state index contributed by atoms with van der Waals surface area (Å²) in [7, 11) is 0. The molecule has 0 bridgehead atoms. The molecule has 2 rings (SSSR count). The van der Waals surface area contributed by atoms with Crippen molar-refractivity contribution >= 4 is 46.4 Å². The molecule has 0 saturated heterocycles. The van der Waals surface area contributed by atoms with Crippen LogP contribution in [0.25, 0.3) is 0 Å². The van der Waals surface area contributed by atoms with E-state index < -0.39 is 0 Å². The third-order valence-corrected chi connectivity index (χ3v) is 4.39. The summed E-state index contributed by atoms with van der Waals surface area (Å²) in [5.74, 6) is -0.364. The largest absolute Gasteiger partial charge is 0.322 e. The van der Waals surface area contributed by atoms with Gasteiger partial charge in [0.1, 0.15) is 6.54 Å². The van der Waals surface area contributed by atoms with Gasteiger partial charge >= 0.3 is 0 Å². The molecular formula is C19H20Cl2N2O2. The van der Waals surface area contributed by atoms with E-state index in [0.29, 0.717) is 15.7 Å². The molecule has 0 aliphatic carbocycles. The zero-order chi connectivity index (χ0) is 18.6. The fraction of sp³-hybridized carbons (Fsp3) is 0.263. The molecule has 0 saturated carbocycles. The van der Waals surface area contributed by atoms with E-state index in [0.717, 1.165) is 11.3 Å². The van der Waals surface area contributed by atoms with Gasteiger partial charge in [0, 0.05) is 12.6 Å². The first-order valence-electron chi connectivity index (χ1n) is 7.92. The van der Waals surface area contributed by atoms with Crippen molar-refractivity contribution in [1.29, 1.82) is 0 Å². The van der Waals surface area contributed by atoms with Crippen LogP contribution in [0.3, 0.4) is 0 Å². The predicted octanol–water partition coefficient (Wildman–Crippen LogP) is 5.11. The minimum absolute atomic E-state index is 0.124. The molecule has 1 N–H and O–H groups in total. The molecule has 0 spiro atoms. The first-order chi connectivity index (χ1) is 11.8. The minimum Gasteiger partial charge on any atom is -0.322 e. The standard InChI is InChI=1S/C19H20Cl2N2O2/c1-12(2)14-7-4-5-10-17(14)23(13(3)24)11-18(25)22-19-15(20)8-6-9-16(19)21/h4-10,12H,11H2,1-3H3,(H,22,25). The van der Waals surface area contributed by atoms with Crippen LogP contribution in [0.2, 0.25) is 10.0 Å². The summed E-state index contributed by atoms with van der Waals surface area (Å²) >= 11 is 12.2. The fourth-order valence-electron chi connectivity index (χ4n) is 2.53. The summed E-state index contributed by atoms with van der Waals surface area (Å²) in [6, 6.07) is 12.5. The Kier molecular flexibility index (Phi) is 6.45. The van der Waals surface area contributed by atoms with E-state index >= 15 is 0 Å². The number of amides is 2. The Bertz CT molecular complexity index is 770. The molecule has 6 heteroatoms. The van der Waals surface area contributed by atoms with Crippen LogP contribution in [-0.4, -0.2) is 18.4 Å². The SMILES string of the molecule is CC(=O)N(CC(=O)Nc1c(Cl)cccc1Cl)c1ccccc1C(C)C. The number of benzene rings is 2. The molecule has 0 heterocycles. The molecule has 25 heavy (non-hydrogen) atoms. The van der Waals surface area contributed by atoms with Crippen LogP contribution in [0.5, 0.6) is 0 Å². The smallest absolute Gasteiger partial charge is 0.244 e. The summed E-state index contributed by atoms with van der Waals surface area (Å²) in [4.78, 5) is 26.1. The highest BCUT2D eigenvalue weighted by atomic mass is 35.5. The van der Waals surface area contributed by atoms with E-state index in [1.165, 1.54) is 11.8 Å². The number of hydrogen-bond donors (Lipinski definition) is 1. The summed E-state index contributed by atoms with van der Waals surface area (Å²) in [6.45, 7) is 5.40. The van der Waals surface area contributed by atoms with Gasteiger partial charge in [-0.1, -0.05) is 61.3 Å². The van der Waals surface area contributed by atoms with Gasteiger partial charge in [0.15, 0.2) is 0 Å². The summed E-state index contributed by atoms with van der Waals surface area (Å²) in [6.07, 6.45) is 0. The lowest BCUT2D eigenvalue weighted by Crippen LogP contribution is -2.37. The Morgan fingerprint density at radius 3 is 2.20 bits per heavy atom. The molecule has 0 radical (unpaired) electrons. The molecular weight excluding hydrogens is 359 g/mol. The minimum atomic E-state index is -0.372. The van der Waals surface area contributed by atoms with Crippen molar-refractivity contribution in [2.45, 2.75) is 26.7 Å². The highest BCUT2D eigenvalue weighted by Gasteiger charge is 2.20. The van der Waals surface area contributed by atoms with Gasteiger partial charge in [-0.3, -0.25) is 9.59 Å². The van der Waals surface area contributed by atoms with Crippen molar-refractivity contribution in [3.8, 4) is 0 Å². The third-order valence-electron chi connectivity index (χ3n) is 3.76. The highest BCUT2D eigenvalue weighted by molar-refractivity contribution is 6.39. The van der Waals surface area contributed by atoms with E-state index in [-0.39, 0.29) is 24.3 Å². The van der Waals surface area contributed by atoms with Crippen molar-refractivity contribution in [3.05, 3.63) is 58.1 Å². The fourth-order valence-corrected chi connectivity index (χ4v) is 3.02. The van der Waals surface area contributed by atoms with Gasteiger partial charge in [0.2, 0.25) is 11.8 Å². The third kappa shape index (κ3) is 4.74. The summed E-state index contributed by atoms with van der Waals surface area (Å²) in [5.41, 5.74) is 2.07. The van der Waals surface area contributed by atoms with E-state index in [9.17, 15) is 9.59 Å². The molecule has 0 atom stereocenters. The van der Waals surface area contributed by atoms with Gasteiger partial charge in [-0.15, -0.1) is 0 Å². The normalized spacial score (nSPS) is 10.6. The molecule has 0 aromatic heterocycles. The van der Waals surface area contributed by atoms with Crippen LogP contribution < -0.4 is 10.2 Å². The Balaban J connectivity index is 2.26. The number of carbonyl (C=O) groups is 2. The van der Waals surface area contributed by atoms with Crippen LogP contribution in [0.4, 0.5) is 11.4 Å². The van der Waals surface area contributed by atoms with Gasteiger partial charge in [-0.2, -0.15) is 0 Å². The second-order valence-electron chi connectivity index (χ2n) is 5.96. The van der Waals surface area contributed by atoms with Crippen LogP contribution in [0, 0.1) is 0 Å². The van der Waals surface area contributed by atoms with Crippen molar-refractivity contribution in [1.82, 2.24) is 0 Å². The lowest BCUT2D eigenvalue weighted by Gasteiger charge is -2.25. The second-order valence-corrected chi connectivity index (χ2v) is 6.78. The first kappa shape index (κ1) is 19.3. The van der Waals surface area contributed by atoms with Crippen LogP contribution >= 0.6 is 23.2 Å². The van der Waals surface area contributed by atoms with E-state index in [2.05, 4.69) is 5.32 Å². The van der Waals surface area contributed by atoms with E-state index in [1.54, 1.807) is 18.2 Å². The van der Waals surface area contributed by atoms with Gasteiger partial charge in [-0.05, 0) is 29.7 Å². The first-order valence-corrected chi connectivity index (χ1v) is 8.67. The van der Waals surface area contributed by atoms with E-state index in [1.807, 2.05) is 38.1 Å². The van der Waals surface area contributed by atoms with Crippen molar-refractivity contribution in [3.63, 3.8) is 0 Å². The Hall–Kier alpha value is -2.04. The number of nitrogens with one attached hydrogen (secondary N) is 1. The molecule has 4 nitrogen and oxygen atoms in total. The maximum Gasteiger partial charge on any atom is 0.244 e. The number of rotatable bonds is 5. The molecule has 0 fully saturated rings. The average Bonchev–Trinajstić information content (AvgIpc) is 2.56. The number of hydrogen-bond acceptors (Lipinski definition) is 2. The molecule has 0 aliphatic rings. The second kappa shape index (κ2) is 8.37. The Morgan fingerprint density at radius 1 is 1.04 bits per heavy atom. The van der Waals surface area contributed by atoms with Gasteiger partial charge in [-0.25, -0.2) is 0 Å². The molecule has 2 aromatic carbocycles. The lowest BCUT2D eigenvalue weighted by molar-refractivity contribution is -0.120. The zero-order valence-corrected chi connectivity index (χ0v) is 15.9. The van der Waals surface area contributed by atoms with Crippen LogP contribution in [0.15, 0.2) is 42.5 Å². The molecule has 132 valence electrons.